The van der Waals surface area contributed by atoms with Crippen LogP contribution < -0.4 is 19.7 Å². The lowest BCUT2D eigenvalue weighted by molar-refractivity contribution is -0.384. The molecule has 176 valence electrons. The highest BCUT2D eigenvalue weighted by molar-refractivity contribution is 5.99. The summed E-state index contributed by atoms with van der Waals surface area (Å²) in [5, 5.41) is 13.8. The van der Waals surface area contributed by atoms with Gasteiger partial charge in [0.05, 0.1) is 29.4 Å². The van der Waals surface area contributed by atoms with Crippen molar-refractivity contribution in [2.45, 2.75) is 26.7 Å². The van der Waals surface area contributed by atoms with E-state index in [2.05, 4.69) is 5.32 Å². The SMILES string of the molecule is CCOc1ccc(NC(=O)COC(=O)c2cc([N+](=O)[O-])ccc2N2CCCC2)cc1OCC. The summed E-state index contributed by atoms with van der Waals surface area (Å²) in [6.45, 7) is 5.55. The zero-order chi connectivity index (χ0) is 23.8. The third-order valence-electron chi connectivity index (χ3n) is 5.02. The van der Waals surface area contributed by atoms with Crippen molar-refractivity contribution in [1.29, 1.82) is 0 Å². The molecule has 0 saturated carbocycles. The Kier molecular flexibility index (Phi) is 8.06. The molecule has 0 aliphatic carbocycles. The summed E-state index contributed by atoms with van der Waals surface area (Å²) in [5.41, 5.74) is 0.873. The molecule has 1 aliphatic rings. The minimum absolute atomic E-state index is 0.0681. The summed E-state index contributed by atoms with van der Waals surface area (Å²) < 4.78 is 16.2. The van der Waals surface area contributed by atoms with E-state index in [1.54, 1.807) is 24.3 Å². The number of hydrogen-bond acceptors (Lipinski definition) is 8. The second kappa shape index (κ2) is 11.2. The fourth-order valence-electron chi connectivity index (χ4n) is 3.57. The molecule has 10 heteroatoms. The molecule has 1 amide bonds. The second-order valence-electron chi connectivity index (χ2n) is 7.30. The maximum absolute atomic E-state index is 12.7. The van der Waals surface area contributed by atoms with Crippen LogP contribution in [-0.4, -0.2) is 49.7 Å². The molecule has 3 rings (SSSR count). The quantitative estimate of drug-likeness (QED) is 0.325. The highest BCUT2D eigenvalue weighted by atomic mass is 16.6. The average Bonchev–Trinajstić information content (AvgIpc) is 3.34. The number of esters is 1. The first kappa shape index (κ1) is 23.8. The van der Waals surface area contributed by atoms with E-state index in [4.69, 9.17) is 14.2 Å². The molecule has 1 saturated heterocycles. The molecule has 0 bridgehead atoms. The van der Waals surface area contributed by atoms with Crippen LogP contribution in [0.4, 0.5) is 17.1 Å². The van der Waals surface area contributed by atoms with Gasteiger partial charge in [0.25, 0.3) is 11.6 Å². The number of amides is 1. The molecule has 2 aromatic rings. The Morgan fingerprint density at radius 2 is 1.73 bits per heavy atom. The summed E-state index contributed by atoms with van der Waals surface area (Å²) in [7, 11) is 0. The lowest BCUT2D eigenvalue weighted by Gasteiger charge is -2.20. The van der Waals surface area contributed by atoms with Gasteiger partial charge in [0, 0.05) is 37.0 Å². The number of nitro benzene ring substituents is 1. The predicted molar refractivity (Wildman–Crippen MR) is 122 cm³/mol. The summed E-state index contributed by atoms with van der Waals surface area (Å²) in [5.74, 6) is -0.301. The van der Waals surface area contributed by atoms with Gasteiger partial charge in [0.1, 0.15) is 0 Å². The highest BCUT2D eigenvalue weighted by Crippen LogP contribution is 2.31. The van der Waals surface area contributed by atoms with Crippen molar-refractivity contribution >= 4 is 28.9 Å². The molecule has 0 aromatic heterocycles. The summed E-state index contributed by atoms with van der Waals surface area (Å²) in [4.78, 5) is 37.7. The van der Waals surface area contributed by atoms with E-state index < -0.39 is 23.4 Å². The smallest absolute Gasteiger partial charge is 0.341 e. The molecule has 0 radical (unpaired) electrons. The monoisotopic (exact) mass is 457 g/mol. The zero-order valence-corrected chi connectivity index (χ0v) is 18.7. The van der Waals surface area contributed by atoms with Crippen molar-refractivity contribution in [2.75, 3.05) is 43.1 Å². The molecule has 1 fully saturated rings. The van der Waals surface area contributed by atoms with E-state index in [9.17, 15) is 19.7 Å². The Morgan fingerprint density at radius 3 is 2.39 bits per heavy atom. The Bertz CT molecular complexity index is 1020. The van der Waals surface area contributed by atoms with Gasteiger partial charge in [-0.1, -0.05) is 0 Å². The van der Waals surface area contributed by atoms with Crippen LogP contribution in [0.25, 0.3) is 0 Å². The largest absolute Gasteiger partial charge is 0.490 e. The normalized spacial score (nSPS) is 12.8. The second-order valence-corrected chi connectivity index (χ2v) is 7.30. The van der Waals surface area contributed by atoms with Crippen LogP contribution in [0, 0.1) is 10.1 Å². The first-order valence-corrected chi connectivity index (χ1v) is 10.8. The third kappa shape index (κ3) is 6.12. The molecule has 1 aliphatic heterocycles. The fourth-order valence-corrected chi connectivity index (χ4v) is 3.57. The lowest BCUT2D eigenvalue weighted by atomic mass is 10.1. The number of anilines is 2. The highest BCUT2D eigenvalue weighted by Gasteiger charge is 2.24. The Morgan fingerprint density at radius 1 is 1.03 bits per heavy atom. The summed E-state index contributed by atoms with van der Waals surface area (Å²) in [6, 6.07) is 9.06. The van der Waals surface area contributed by atoms with Crippen LogP contribution >= 0.6 is 0 Å². The van der Waals surface area contributed by atoms with E-state index in [0.29, 0.717) is 36.1 Å². The predicted octanol–water partition coefficient (Wildman–Crippen LogP) is 3.79. The van der Waals surface area contributed by atoms with Gasteiger partial charge in [-0.2, -0.15) is 0 Å². The topological polar surface area (TPSA) is 120 Å². The number of carbonyl (C=O) groups excluding carboxylic acids is 2. The van der Waals surface area contributed by atoms with E-state index in [0.717, 1.165) is 25.9 Å². The molecule has 2 aromatic carbocycles. The Labute approximate surface area is 191 Å². The third-order valence-corrected chi connectivity index (χ3v) is 5.02. The number of hydrogen-bond donors (Lipinski definition) is 1. The van der Waals surface area contributed by atoms with Crippen LogP contribution in [0.15, 0.2) is 36.4 Å². The van der Waals surface area contributed by atoms with Gasteiger partial charge in [0.15, 0.2) is 18.1 Å². The van der Waals surface area contributed by atoms with Crippen molar-refractivity contribution in [1.82, 2.24) is 0 Å². The standard InChI is InChI=1S/C23H27N3O7/c1-3-31-20-10-7-16(13-21(20)32-4-2)24-22(27)15-33-23(28)18-14-17(26(29)30)8-9-19(18)25-11-5-6-12-25/h7-10,13-14H,3-6,11-12,15H2,1-2H3,(H,24,27). The van der Waals surface area contributed by atoms with E-state index in [1.165, 1.54) is 12.1 Å². The van der Waals surface area contributed by atoms with Gasteiger partial charge in [-0.15, -0.1) is 0 Å². The number of nitrogens with one attached hydrogen (secondary N) is 1. The van der Waals surface area contributed by atoms with Gasteiger partial charge in [0.2, 0.25) is 0 Å². The van der Waals surface area contributed by atoms with Gasteiger partial charge in [-0.05, 0) is 44.9 Å². The summed E-state index contributed by atoms with van der Waals surface area (Å²) >= 11 is 0. The van der Waals surface area contributed by atoms with Gasteiger partial charge >= 0.3 is 5.97 Å². The van der Waals surface area contributed by atoms with Crippen LogP contribution in [-0.2, 0) is 9.53 Å². The number of ether oxygens (including phenoxy) is 3. The van der Waals surface area contributed by atoms with Gasteiger partial charge in [-0.25, -0.2) is 4.79 Å². The molecule has 0 unspecified atom stereocenters. The molecule has 1 heterocycles. The van der Waals surface area contributed by atoms with Crippen molar-refractivity contribution in [3.05, 3.63) is 52.1 Å². The first-order chi connectivity index (χ1) is 15.9. The number of non-ortho nitro benzene ring substituents is 1. The first-order valence-electron chi connectivity index (χ1n) is 10.8. The fraction of sp³-hybridized carbons (Fsp3) is 0.391. The van der Waals surface area contributed by atoms with Crippen molar-refractivity contribution in [2.24, 2.45) is 0 Å². The molecule has 0 atom stereocenters. The maximum atomic E-state index is 12.7. The molecule has 1 N–H and O–H groups in total. The number of benzene rings is 2. The number of carbonyl (C=O) groups is 2. The van der Waals surface area contributed by atoms with Crippen LogP contribution in [0.1, 0.15) is 37.0 Å². The lowest BCUT2D eigenvalue weighted by Crippen LogP contribution is -2.24. The molecule has 10 nitrogen and oxygen atoms in total. The Hall–Kier alpha value is -3.82. The molecule has 0 spiro atoms. The van der Waals surface area contributed by atoms with Gasteiger partial charge < -0.3 is 24.4 Å². The minimum atomic E-state index is -0.794. The molecular weight excluding hydrogens is 430 g/mol. The number of nitrogens with zero attached hydrogens (tertiary/aromatic N) is 2. The van der Waals surface area contributed by atoms with Crippen molar-refractivity contribution < 1.29 is 28.7 Å². The van der Waals surface area contributed by atoms with Crippen LogP contribution in [0.2, 0.25) is 0 Å². The van der Waals surface area contributed by atoms with Crippen LogP contribution in [0.5, 0.6) is 11.5 Å². The van der Waals surface area contributed by atoms with Crippen molar-refractivity contribution in [3.8, 4) is 11.5 Å². The molecule has 33 heavy (non-hydrogen) atoms. The maximum Gasteiger partial charge on any atom is 0.341 e. The number of rotatable bonds is 10. The van der Waals surface area contributed by atoms with E-state index in [-0.39, 0.29) is 11.3 Å². The summed E-state index contributed by atoms with van der Waals surface area (Å²) in [6.07, 6.45) is 1.94. The Balaban J connectivity index is 1.68. The van der Waals surface area contributed by atoms with E-state index >= 15 is 0 Å². The van der Waals surface area contributed by atoms with Crippen molar-refractivity contribution in [3.63, 3.8) is 0 Å². The average molecular weight is 457 g/mol. The van der Waals surface area contributed by atoms with Crippen LogP contribution in [0.3, 0.4) is 0 Å². The van der Waals surface area contributed by atoms with Gasteiger partial charge in [-0.3, -0.25) is 14.9 Å². The molecular formula is C23H27N3O7. The van der Waals surface area contributed by atoms with E-state index in [1.807, 2.05) is 18.7 Å². The zero-order valence-electron chi connectivity index (χ0n) is 18.7. The number of nitro groups is 1. The minimum Gasteiger partial charge on any atom is -0.490 e.